The molecule has 0 spiro atoms. The Morgan fingerprint density at radius 3 is 2.43 bits per heavy atom. The molecular formula is C20H28N4O5S. The first-order valence-electron chi connectivity index (χ1n) is 9.62. The molecule has 0 fully saturated rings. The zero-order valence-corrected chi connectivity index (χ0v) is 18.1. The van der Waals surface area contributed by atoms with Crippen molar-refractivity contribution in [2.24, 2.45) is 0 Å². The zero-order valence-electron chi connectivity index (χ0n) is 17.3. The summed E-state index contributed by atoms with van der Waals surface area (Å²) < 4.78 is 33.3. The quantitative estimate of drug-likeness (QED) is 0.360. The van der Waals surface area contributed by atoms with Gasteiger partial charge in [-0.15, -0.1) is 0 Å². The molecule has 0 aliphatic carbocycles. The van der Waals surface area contributed by atoms with Crippen LogP contribution in [0.2, 0.25) is 0 Å². The number of pyridine rings is 1. The number of nitrogens with zero attached hydrogens (tertiary/aromatic N) is 2. The highest BCUT2D eigenvalue weighted by molar-refractivity contribution is 7.89. The minimum Gasteiger partial charge on any atom is -0.489 e. The topological polar surface area (TPSA) is 121 Å². The van der Waals surface area contributed by atoms with Gasteiger partial charge in [-0.3, -0.25) is 19.9 Å². The Balaban J connectivity index is 2.02. The fourth-order valence-corrected chi connectivity index (χ4v) is 4.01. The predicted molar refractivity (Wildman–Crippen MR) is 112 cm³/mol. The van der Waals surface area contributed by atoms with E-state index in [1.807, 2.05) is 32.9 Å². The van der Waals surface area contributed by atoms with Crippen LogP contribution in [0.3, 0.4) is 0 Å². The van der Waals surface area contributed by atoms with Gasteiger partial charge in [0.05, 0.1) is 4.90 Å². The molecule has 2 rings (SSSR count). The van der Waals surface area contributed by atoms with Crippen LogP contribution in [-0.4, -0.2) is 55.1 Å². The van der Waals surface area contributed by atoms with Gasteiger partial charge in [-0.25, -0.2) is 18.6 Å². The maximum absolute atomic E-state index is 12.6. The van der Waals surface area contributed by atoms with Gasteiger partial charge in [0, 0.05) is 18.4 Å². The smallest absolute Gasteiger partial charge is 0.262 e. The van der Waals surface area contributed by atoms with Gasteiger partial charge in [0.15, 0.2) is 0 Å². The van der Waals surface area contributed by atoms with Crippen LogP contribution >= 0.6 is 0 Å². The number of likely N-dealkylation sites (N-methyl/N-ethyl adjacent to an activating group) is 1. The van der Waals surface area contributed by atoms with Crippen LogP contribution in [0, 0.1) is 6.92 Å². The van der Waals surface area contributed by atoms with E-state index < -0.39 is 22.0 Å². The van der Waals surface area contributed by atoms with Crippen molar-refractivity contribution in [3.8, 4) is 5.75 Å². The number of hydrogen-bond donors (Lipinski definition) is 3. The second kappa shape index (κ2) is 11.0. The highest BCUT2D eigenvalue weighted by Crippen LogP contribution is 2.17. The summed E-state index contributed by atoms with van der Waals surface area (Å²) in [5.41, 5.74) is 3.45. The number of hydrogen-bond acceptors (Lipinski definition) is 7. The normalized spacial score (nSPS) is 12.6. The first kappa shape index (κ1) is 23.7. The molecule has 10 heteroatoms. The molecule has 1 atom stereocenters. The third-order valence-corrected chi connectivity index (χ3v) is 6.07. The Labute approximate surface area is 177 Å². The van der Waals surface area contributed by atoms with Crippen LogP contribution in [0.25, 0.3) is 0 Å². The average molecular weight is 437 g/mol. The van der Waals surface area contributed by atoms with Gasteiger partial charge in [-0.2, -0.15) is 0 Å². The molecule has 0 aliphatic rings. The van der Waals surface area contributed by atoms with E-state index in [1.54, 1.807) is 28.7 Å². The lowest BCUT2D eigenvalue weighted by Gasteiger charge is -2.27. The minimum absolute atomic E-state index is 0.0531. The second-order valence-electron chi connectivity index (χ2n) is 6.63. The van der Waals surface area contributed by atoms with Gasteiger partial charge < -0.3 is 4.74 Å². The number of sulfonamides is 1. The molecule has 0 unspecified atom stereocenters. The number of nitrogens with one attached hydrogen (secondary N) is 2. The molecule has 3 N–H and O–H groups in total. The molecule has 0 saturated carbocycles. The van der Waals surface area contributed by atoms with Gasteiger partial charge in [-0.1, -0.05) is 13.8 Å². The number of carbonyl (C=O) groups is 1. The number of aromatic nitrogens is 1. The van der Waals surface area contributed by atoms with Crippen molar-refractivity contribution in [1.29, 1.82) is 0 Å². The SMILES string of the molecule is CCN(CC)[C@@H](CNS(=O)(=O)c1ccc(OCc2ccnc(C)c2)cc1)C(=O)NO. The molecule has 9 nitrogen and oxygen atoms in total. The van der Waals surface area contributed by atoms with Crippen molar-refractivity contribution in [3.05, 3.63) is 53.9 Å². The van der Waals surface area contributed by atoms with Crippen molar-refractivity contribution >= 4 is 15.9 Å². The molecule has 1 aromatic heterocycles. The Kier molecular flexibility index (Phi) is 8.72. The Bertz CT molecular complexity index is 930. The van der Waals surface area contributed by atoms with Crippen LogP contribution < -0.4 is 14.9 Å². The number of benzene rings is 1. The van der Waals surface area contributed by atoms with E-state index in [2.05, 4.69) is 9.71 Å². The van der Waals surface area contributed by atoms with Crippen molar-refractivity contribution < 1.29 is 23.2 Å². The van der Waals surface area contributed by atoms with E-state index in [0.29, 0.717) is 25.4 Å². The molecule has 2 aromatic rings. The first-order valence-corrected chi connectivity index (χ1v) is 11.1. The van der Waals surface area contributed by atoms with Gasteiger partial charge in [0.2, 0.25) is 10.0 Å². The second-order valence-corrected chi connectivity index (χ2v) is 8.40. The minimum atomic E-state index is -3.84. The largest absolute Gasteiger partial charge is 0.489 e. The molecular weight excluding hydrogens is 408 g/mol. The summed E-state index contributed by atoms with van der Waals surface area (Å²) in [6, 6.07) is 8.96. The zero-order chi connectivity index (χ0) is 22.1. The number of ether oxygens (including phenoxy) is 1. The van der Waals surface area contributed by atoms with Gasteiger partial charge in [0.25, 0.3) is 5.91 Å². The Morgan fingerprint density at radius 1 is 1.20 bits per heavy atom. The summed E-state index contributed by atoms with van der Waals surface area (Å²) in [5, 5.41) is 8.95. The fraction of sp³-hybridized carbons (Fsp3) is 0.400. The van der Waals surface area contributed by atoms with Crippen LogP contribution in [0.15, 0.2) is 47.5 Å². The number of hydroxylamine groups is 1. The van der Waals surface area contributed by atoms with Crippen molar-refractivity contribution in [2.45, 2.75) is 38.3 Å². The lowest BCUT2D eigenvalue weighted by atomic mass is 10.2. The lowest BCUT2D eigenvalue weighted by molar-refractivity contribution is -0.134. The molecule has 0 bridgehead atoms. The van der Waals surface area contributed by atoms with E-state index >= 15 is 0 Å². The molecule has 0 saturated heterocycles. The number of aryl methyl sites for hydroxylation is 1. The first-order chi connectivity index (χ1) is 14.3. The molecule has 0 aliphatic heterocycles. The van der Waals surface area contributed by atoms with Crippen LogP contribution in [0.1, 0.15) is 25.1 Å². The molecule has 1 amide bonds. The lowest BCUT2D eigenvalue weighted by Crippen LogP contribution is -2.52. The molecule has 30 heavy (non-hydrogen) atoms. The fourth-order valence-electron chi connectivity index (χ4n) is 2.97. The van der Waals surface area contributed by atoms with Crippen LogP contribution in [0.5, 0.6) is 5.75 Å². The number of carbonyl (C=O) groups excluding carboxylic acids is 1. The highest BCUT2D eigenvalue weighted by atomic mass is 32.2. The number of amides is 1. The maximum Gasteiger partial charge on any atom is 0.262 e. The molecule has 1 heterocycles. The summed E-state index contributed by atoms with van der Waals surface area (Å²) in [6.07, 6.45) is 1.71. The summed E-state index contributed by atoms with van der Waals surface area (Å²) in [6.45, 7) is 6.82. The van der Waals surface area contributed by atoms with Gasteiger partial charge in [-0.05, 0) is 62.0 Å². The summed E-state index contributed by atoms with van der Waals surface area (Å²) >= 11 is 0. The maximum atomic E-state index is 12.6. The summed E-state index contributed by atoms with van der Waals surface area (Å²) in [7, 11) is -3.84. The van der Waals surface area contributed by atoms with Crippen LogP contribution in [0.4, 0.5) is 0 Å². The summed E-state index contributed by atoms with van der Waals surface area (Å²) in [4.78, 5) is 17.8. The van der Waals surface area contributed by atoms with Gasteiger partial charge in [0.1, 0.15) is 18.4 Å². The number of rotatable bonds is 11. The highest BCUT2D eigenvalue weighted by Gasteiger charge is 2.26. The molecule has 0 radical (unpaired) electrons. The van der Waals surface area contributed by atoms with Crippen molar-refractivity contribution in [1.82, 2.24) is 20.1 Å². The van der Waals surface area contributed by atoms with Crippen molar-refractivity contribution in [3.63, 3.8) is 0 Å². The van der Waals surface area contributed by atoms with E-state index in [1.165, 1.54) is 12.1 Å². The Morgan fingerprint density at radius 2 is 1.87 bits per heavy atom. The van der Waals surface area contributed by atoms with E-state index in [-0.39, 0.29) is 11.4 Å². The van der Waals surface area contributed by atoms with Crippen molar-refractivity contribution in [2.75, 3.05) is 19.6 Å². The van der Waals surface area contributed by atoms with Crippen LogP contribution in [-0.2, 0) is 21.4 Å². The molecule has 164 valence electrons. The summed E-state index contributed by atoms with van der Waals surface area (Å²) in [5.74, 6) is -0.138. The van der Waals surface area contributed by atoms with Gasteiger partial charge >= 0.3 is 0 Å². The predicted octanol–water partition coefficient (Wildman–Crippen LogP) is 1.46. The third-order valence-electron chi connectivity index (χ3n) is 4.63. The Hall–Kier alpha value is -2.53. The standard InChI is InChI=1S/C20H28N4O5S/c1-4-24(5-2)19(20(25)23-26)13-22-30(27,28)18-8-6-17(7-9-18)29-14-16-10-11-21-15(3)12-16/h6-12,19,22,26H,4-5,13-14H2,1-3H3,(H,23,25)/t19-/m0/s1. The monoisotopic (exact) mass is 436 g/mol. The molecule has 1 aromatic carbocycles. The van der Waals surface area contributed by atoms with E-state index in [0.717, 1.165) is 11.3 Å². The third kappa shape index (κ3) is 6.49. The van der Waals surface area contributed by atoms with E-state index in [9.17, 15) is 13.2 Å². The average Bonchev–Trinajstić information content (AvgIpc) is 2.75. The van der Waals surface area contributed by atoms with E-state index in [4.69, 9.17) is 9.94 Å².